The van der Waals surface area contributed by atoms with Crippen LogP contribution in [0.1, 0.15) is 27.5 Å². The van der Waals surface area contributed by atoms with Crippen LogP contribution in [0.2, 0.25) is 0 Å². The number of rotatable bonds is 6. The molecular weight excluding hydrogens is 359 g/mol. The zero-order valence-corrected chi connectivity index (χ0v) is 15.7. The summed E-state index contributed by atoms with van der Waals surface area (Å²) in [4.78, 5) is 17.6. The molecule has 0 N–H and O–H groups in total. The first-order chi connectivity index (χ1) is 13.0. The Hall–Kier alpha value is -2.92. The fraction of sp³-hybridized carbons (Fsp3) is 0.136. The summed E-state index contributed by atoms with van der Waals surface area (Å²) in [6, 6.07) is 18.3. The normalized spacial score (nSPS) is 12.6. The molecule has 0 aliphatic heterocycles. The van der Waals surface area contributed by atoms with E-state index in [2.05, 4.69) is 4.99 Å². The number of ketones is 1. The Kier molecular flexibility index (Phi) is 6.04. The van der Waals surface area contributed by atoms with Crippen LogP contribution >= 0.6 is 0 Å². The Morgan fingerprint density at radius 1 is 1.07 bits per heavy atom. The summed E-state index contributed by atoms with van der Waals surface area (Å²) in [5, 5.41) is 0.295. The van der Waals surface area contributed by atoms with E-state index in [9.17, 15) is 9.18 Å². The van der Waals surface area contributed by atoms with Crippen molar-refractivity contribution < 1.29 is 13.8 Å². The highest BCUT2D eigenvalue weighted by Crippen LogP contribution is 2.14. The number of carbonyl (C=O) groups excluding carboxylic acids is 1. The maximum Gasteiger partial charge on any atom is 0.237 e. The molecule has 136 valence electrons. The van der Waals surface area contributed by atoms with Crippen molar-refractivity contribution in [2.24, 2.45) is 4.99 Å². The first kappa shape index (κ1) is 18.9. The van der Waals surface area contributed by atoms with E-state index >= 15 is 0 Å². The maximum absolute atomic E-state index is 13.2. The van der Waals surface area contributed by atoms with Gasteiger partial charge >= 0.3 is 0 Å². The van der Waals surface area contributed by atoms with Crippen LogP contribution in [0, 0.1) is 12.7 Å². The predicted molar refractivity (Wildman–Crippen MR) is 106 cm³/mol. The minimum Gasteiger partial charge on any atom is -0.758 e. The van der Waals surface area contributed by atoms with Crippen LogP contribution in [0.15, 0.2) is 84.1 Å². The molecule has 0 bridgehead atoms. The van der Waals surface area contributed by atoms with Gasteiger partial charge in [-0.3, -0.25) is 4.79 Å². The Bertz CT molecular complexity index is 956. The van der Waals surface area contributed by atoms with Crippen LogP contribution in [0.25, 0.3) is 0 Å². The number of Topliss-reactive ketones (excluding diaryl/α,β-unsaturated/α-hetero) is 1. The molecule has 0 radical (unpaired) electrons. The topological polar surface area (TPSA) is 33.3 Å². The molecule has 2 aromatic carbocycles. The number of pyridine rings is 1. The van der Waals surface area contributed by atoms with E-state index in [-0.39, 0.29) is 11.6 Å². The van der Waals surface area contributed by atoms with E-state index in [0.29, 0.717) is 17.2 Å². The molecule has 0 aliphatic carbocycles. The third-order valence-corrected chi connectivity index (χ3v) is 4.49. The average Bonchev–Trinajstić information content (AvgIpc) is 2.68. The number of aliphatic imine (C=N–C) groups is 1. The van der Waals surface area contributed by atoms with Crippen molar-refractivity contribution >= 4 is 23.5 Å². The first-order valence-electron chi connectivity index (χ1n) is 8.57. The van der Waals surface area contributed by atoms with E-state index in [1.807, 2.05) is 55.6 Å². The van der Waals surface area contributed by atoms with Gasteiger partial charge < -0.3 is 17.6 Å². The van der Waals surface area contributed by atoms with Gasteiger partial charge in [-0.25, -0.2) is 4.39 Å². The van der Waals surface area contributed by atoms with Crippen LogP contribution in [0.4, 0.5) is 4.39 Å². The standard InChI is InChI=1S/C22H19FN2OS/c1-16-6-5-13-25(15-16)20(21(26)18-9-11-19(23)12-10-18)22(27)24-14-17-7-3-2-4-8-17/h2-13,15,20H,14H2,1H3/t20-/m1/s1. The second-order valence-electron chi connectivity index (χ2n) is 6.24. The lowest BCUT2D eigenvalue weighted by molar-refractivity contribution is -0.692. The zero-order valence-electron chi connectivity index (χ0n) is 14.9. The molecule has 0 fully saturated rings. The maximum atomic E-state index is 13.2. The van der Waals surface area contributed by atoms with Gasteiger partial charge in [0.2, 0.25) is 11.8 Å². The molecule has 27 heavy (non-hydrogen) atoms. The molecule has 0 amide bonds. The van der Waals surface area contributed by atoms with Crippen LogP contribution < -0.4 is 4.57 Å². The van der Waals surface area contributed by atoms with Crippen LogP contribution in [0.3, 0.4) is 0 Å². The third kappa shape index (κ3) is 4.83. The van der Waals surface area contributed by atoms with Crippen LogP contribution in [-0.2, 0) is 19.2 Å². The molecule has 0 aliphatic rings. The Balaban J connectivity index is 1.96. The van der Waals surface area contributed by atoms with Crippen LogP contribution in [-0.4, -0.2) is 10.8 Å². The molecule has 0 unspecified atom stereocenters. The van der Waals surface area contributed by atoms with Gasteiger partial charge in [-0.2, -0.15) is 4.57 Å². The Morgan fingerprint density at radius 3 is 2.44 bits per heavy atom. The zero-order chi connectivity index (χ0) is 19.2. The number of aryl methyl sites for hydroxylation is 1. The lowest BCUT2D eigenvalue weighted by Crippen LogP contribution is -2.47. The summed E-state index contributed by atoms with van der Waals surface area (Å²) in [7, 11) is 0. The summed E-state index contributed by atoms with van der Waals surface area (Å²) >= 11 is 5.52. The van der Waals surface area contributed by atoms with Gasteiger partial charge in [-0.1, -0.05) is 30.3 Å². The number of nitrogens with zero attached hydrogens (tertiary/aromatic N) is 2. The summed E-state index contributed by atoms with van der Waals surface area (Å²) in [6.07, 6.45) is 3.65. The van der Waals surface area contributed by atoms with Gasteiger partial charge in [0.1, 0.15) is 5.82 Å². The second-order valence-corrected chi connectivity index (χ2v) is 6.66. The highest BCUT2D eigenvalue weighted by atomic mass is 32.1. The minimum atomic E-state index is -0.755. The summed E-state index contributed by atoms with van der Waals surface area (Å²) in [5.41, 5.74) is 2.41. The minimum absolute atomic E-state index is 0.215. The highest BCUT2D eigenvalue weighted by Gasteiger charge is 2.28. The van der Waals surface area contributed by atoms with Gasteiger partial charge in [0.05, 0.1) is 6.54 Å². The molecule has 1 aromatic heterocycles. The smallest absolute Gasteiger partial charge is 0.237 e. The van der Waals surface area contributed by atoms with Gasteiger partial charge in [-0.15, -0.1) is 0 Å². The second kappa shape index (κ2) is 8.64. The number of carbonyl (C=O) groups is 1. The SMILES string of the molecule is Cc1ccc[n+]([C@H](C(=O)c2ccc(F)cc2)C([S-])=NCc2ccccc2)c1. The molecule has 1 heterocycles. The van der Waals surface area contributed by atoms with Crippen molar-refractivity contribution in [3.63, 3.8) is 0 Å². The predicted octanol–water partition coefficient (Wildman–Crippen LogP) is 3.99. The first-order valence-corrected chi connectivity index (χ1v) is 8.98. The number of halogens is 1. The number of hydrogen-bond acceptors (Lipinski definition) is 3. The fourth-order valence-corrected chi connectivity index (χ4v) is 3.06. The average molecular weight is 378 g/mol. The van der Waals surface area contributed by atoms with E-state index in [0.717, 1.165) is 11.1 Å². The van der Waals surface area contributed by atoms with Gasteiger partial charge in [-0.05, 0) is 47.9 Å². The fourth-order valence-electron chi connectivity index (χ4n) is 2.76. The van der Waals surface area contributed by atoms with E-state index in [1.54, 1.807) is 10.8 Å². The molecule has 0 saturated heterocycles. The molecule has 3 aromatic rings. The van der Waals surface area contributed by atoms with Gasteiger partial charge in [0.15, 0.2) is 12.4 Å². The van der Waals surface area contributed by atoms with Crippen molar-refractivity contribution in [1.82, 2.24) is 0 Å². The lowest BCUT2D eigenvalue weighted by Gasteiger charge is -2.19. The van der Waals surface area contributed by atoms with E-state index < -0.39 is 6.04 Å². The highest BCUT2D eigenvalue weighted by molar-refractivity contribution is 7.77. The number of aromatic nitrogens is 1. The van der Waals surface area contributed by atoms with Gasteiger partial charge in [0, 0.05) is 17.2 Å². The van der Waals surface area contributed by atoms with E-state index in [4.69, 9.17) is 12.6 Å². The van der Waals surface area contributed by atoms with Crippen molar-refractivity contribution in [3.05, 3.63) is 102 Å². The number of hydrogen-bond donors (Lipinski definition) is 0. The number of benzene rings is 2. The monoisotopic (exact) mass is 378 g/mol. The molecule has 3 rings (SSSR count). The Morgan fingerprint density at radius 2 is 1.78 bits per heavy atom. The summed E-state index contributed by atoms with van der Waals surface area (Å²) < 4.78 is 15.0. The quantitative estimate of drug-likeness (QED) is 0.214. The molecular formula is C22H19FN2OS. The Labute approximate surface area is 163 Å². The molecule has 0 spiro atoms. The van der Waals surface area contributed by atoms with Gasteiger partial charge in [0.25, 0.3) is 0 Å². The van der Waals surface area contributed by atoms with Crippen molar-refractivity contribution in [2.75, 3.05) is 0 Å². The van der Waals surface area contributed by atoms with Crippen LogP contribution in [0.5, 0.6) is 0 Å². The molecule has 1 atom stereocenters. The van der Waals surface area contributed by atoms with E-state index in [1.165, 1.54) is 24.3 Å². The van der Waals surface area contributed by atoms with Crippen molar-refractivity contribution in [1.29, 1.82) is 0 Å². The third-order valence-electron chi connectivity index (χ3n) is 4.14. The molecule has 3 nitrogen and oxygen atoms in total. The largest absolute Gasteiger partial charge is 0.758 e. The summed E-state index contributed by atoms with van der Waals surface area (Å²) in [6.45, 7) is 2.35. The molecule has 0 saturated carbocycles. The molecule has 5 heteroatoms. The summed E-state index contributed by atoms with van der Waals surface area (Å²) in [5.74, 6) is -0.602. The lowest BCUT2D eigenvalue weighted by atomic mass is 10.0. The van der Waals surface area contributed by atoms with Crippen molar-refractivity contribution in [3.8, 4) is 0 Å². The van der Waals surface area contributed by atoms with Crippen molar-refractivity contribution in [2.45, 2.75) is 19.5 Å².